The van der Waals surface area contributed by atoms with Gasteiger partial charge in [0.15, 0.2) is 11.5 Å². The van der Waals surface area contributed by atoms with Crippen LogP contribution in [0.5, 0.6) is 11.5 Å². The van der Waals surface area contributed by atoms with Crippen LogP contribution in [0.1, 0.15) is 42.6 Å². The molecule has 0 aliphatic carbocycles. The highest BCUT2D eigenvalue weighted by Gasteiger charge is 2.29. The predicted octanol–water partition coefficient (Wildman–Crippen LogP) is 4.45. The van der Waals surface area contributed by atoms with Gasteiger partial charge < -0.3 is 24.8 Å². The quantitative estimate of drug-likeness (QED) is 0.220. The second kappa shape index (κ2) is 14.7. The maximum Gasteiger partial charge on any atom is 0.328 e. The van der Waals surface area contributed by atoms with Crippen LogP contribution in [0, 0.1) is 5.92 Å². The number of halogens is 2. The summed E-state index contributed by atoms with van der Waals surface area (Å²) in [6.07, 6.45) is 1.80. The number of methoxy groups -OCH3 is 1. The number of esters is 2. The molecule has 0 spiro atoms. The van der Waals surface area contributed by atoms with E-state index < -0.39 is 29.8 Å². The Kier molecular flexibility index (Phi) is 12.0. The standard InChI is InChI=1S/C26H32Cl2N2O6/c1-16(2)25(32)36-22-18(15-19(27)23(21(22)28)35-13-9-8-12-29-3)24(31)30-20(26(33)34-4)14-17-10-6-5-7-11-17/h5-7,10-11,15-16,20,29H,8-9,12-14H2,1-4H3,(H,30,31). The molecular formula is C26H32Cl2N2O6. The monoisotopic (exact) mass is 538 g/mol. The topological polar surface area (TPSA) is 103 Å². The Labute approximate surface area is 221 Å². The molecule has 8 nitrogen and oxygen atoms in total. The van der Waals surface area contributed by atoms with E-state index in [0.29, 0.717) is 6.61 Å². The van der Waals surface area contributed by atoms with E-state index in [2.05, 4.69) is 10.6 Å². The highest BCUT2D eigenvalue weighted by molar-refractivity contribution is 6.39. The molecule has 0 aliphatic heterocycles. The highest BCUT2D eigenvalue weighted by Crippen LogP contribution is 2.43. The fourth-order valence-electron chi connectivity index (χ4n) is 3.20. The lowest BCUT2D eigenvalue weighted by molar-refractivity contribution is -0.143. The molecule has 0 aromatic heterocycles. The van der Waals surface area contributed by atoms with Crippen molar-refractivity contribution in [3.8, 4) is 11.5 Å². The van der Waals surface area contributed by atoms with E-state index in [0.717, 1.165) is 24.9 Å². The second-order valence-corrected chi connectivity index (χ2v) is 9.14. The zero-order valence-corrected chi connectivity index (χ0v) is 22.4. The highest BCUT2D eigenvalue weighted by atomic mass is 35.5. The van der Waals surface area contributed by atoms with Gasteiger partial charge in [-0.05, 0) is 38.1 Å². The number of hydrogen-bond acceptors (Lipinski definition) is 7. The predicted molar refractivity (Wildman–Crippen MR) is 139 cm³/mol. The van der Waals surface area contributed by atoms with Crippen molar-refractivity contribution in [3.05, 3.63) is 57.6 Å². The van der Waals surface area contributed by atoms with Crippen LogP contribution in [-0.4, -0.2) is 51.2 Å². The molecule has 2 rings (SSSR count). The molecule has 10 heteroatoms. The van der Waals surface area contributed by atoms with Crippen molar-refractivity contribution in [2.75, 3.05) is 27.3 Å². The van der Waals surface area contributed by atoms with Crippen molar-refractivity contribution in [1.29, 1.82) is 0 Å². The fourth-order valence-corrected chi connectivity index (χ4v) is 3.81. The zero-order valence-electron chi connectivity index (χ0n) is 20.9. The molecule has 0 aliphatic rings. The van der Waals surface area contributed by atoms with Crippen LogP contribution in [0.3, 0.4) is 0 Å². The van der Waals surface area contributed by atoms with Gasteiger partial charge in [0.05, 0.1) is 30.2 Å². The normalized spacial score (nSPS) is 11.6. The Balaban J connectivity index is 2.38. The largest absolute Gasteiger partial charge is 0.490 e. The molecule has 0 radical (unpaired) electrons. The smallest absolute Gasteiger partial charge is 0.328 e. The number of hydrogen-bond donors (Lipinski definition) is 2. The maximum absolute atomic E-state index is 13.3. The minimum Gasteiger partial charge on any atom is -0.490 e. The first-order valence-electron chi connectivity index (χ1n) is 11.6. The van der Waals surface area contributed by atoms with Crippen LogP contribution in [0.4, 0.5) is 0 Å². The Morgan fingerprint density at radius 1 is 1.00 bits per heavy atom. The first-order chi connectivity index (χ1) is 17.2. The molecule has 0 fully saturated rings. The number of carbonyl (C=O) groups is 3. The van der Waals surface area contributed by atoms with Crippen LogP contribution in [0.2, 0.25) is 10.0 Å². The Morgan fingerprint density at radius 2 is 1.69 bits per heavy atom. The summed E-state index contributed by atoms with van der Waals surface area (Å²) in [6.45, 7) is 4.45. The van der Waals surface area contributed by atoms with Crippen molar-refractivity contribution >= 4 is 41.0 Å². The summed E-state index contributed by atoms with van der Waals surface area (Å²) in [4.78, 5) is 38.1. The molecule has 2 aromatic carbocycles. The van der Waals surface area contributed by atoms with Gasteiger partial charge in [0.1, 0.15) is 11.1 Å². The van der Waals surface area contributed by atoms with Gasteiger partial charge in [-0.25, -0.2) is 4.79 Å². The molecule has 0 bridgehead atoms. The Morgan fingerprint density at radius 3 is 2.31 bits per heavy atom. The first kappa shape index (κ1) is 29.4. The Bertz CT molecular complexity index is 1050. The average molecular weight is 539 g/mol. The molecule has 0 saturated carbocycles. The summed E-state index contributed by atoms with van der Waals surface area (Å²) in [5, 5.41) is 5.66. The number of benzene rings is 2. The van der Waals surface area contributed by atoms with E-state index in [9.17, 15) is 14.4 Å². The molecule has 1 amide bonds. The van der Waals surface area contributed by atoms with E-state index in [-0.39, 0.29) is 33.5 Å². The summed E-state index contributed by atoms with van der Waals surface area (Å²) in [6, 6.07) is 9.46. The van der Waals surface area contributed by atoms with Gasteiger partial charge in [-0.1, -0.05) is 67.4 Å². The number of amides is 1. The lowest BCUT2D eigenvalue weighted by Crippen LogP contribution is -2.43. The van der Waals surface area contributed by atoms with Gasteiger partial charge in [0, 0.05) is 6.42 Å². The molecule has 0 heterocycles. The van der Waals surface area contributed by atoms with Gasteiger partial charge in [0.2, 0.25) is 0 Å². The summed E-state index contributed by atoms with van der Waals surface area (Å²) < 4.78 is 16.1. The van der Waals surface area contributed by atoms with E-state index in [1.807, 2.05) is 37.4 Å². The summed E-state index contributed by atoms with van der Waals surface area (Å²) >= 11 is 12.9. The number of carbonyl (C=O) groups excluding carboxylic acids is 3. The number of ether oxygens (including phenoxy) is 3. The number of unbranched alkanes of at least 4 members (excludes halogenated alkanes) is 1. The van der Waals surface area contributed by atoms with E-state index >= 15 is 0 Å². The van der Waals surface area contributed by atoms with E-state index in [4.69, 9.17) is 37.4 Å². The third-order valence-electron chi connectivity index (χ3n) is 5.19. The minimum absolute atomic E-state index is 0.0702. The molecule has 36 heavy (non-hydrogen) atoms. The second-order valence-electron chi connectivity index (χ2n) is 8.35. The van der Waals surface area contributed by atoms with Gasteiger partial charge in [-0.3, -0.25) is 9.59 Å². The van der Waals surface area contributed by atoms with Crippen molar-refractivity contribution < 1.29 is 28.6 Å². The minimum atomic E-state index is -1.00. The van der Waals surface area contributed by atoms with Gasteiger partial charge >= 0.3 is 11.9 Å². The SMILES string of the molecule is CNCCCCOc1c(Cl)cc(C(=O)NC(Cc2ccccc2)C(=O)OC)c(OC(=O)C(C)C)c1Cl. The van der Waals surface area contributed by atoms with Crippen molar-refractivity contribution in [2.45, 2.75) is 39.2 Å². The van der Waals surface area contributed by atoms with Crippen LogP contribution in [0.25, 0.3) is 0 Å². The van der Waals surface area contributed by atoms with E-state index in [1.165, 1.54) is 13.2 Å². The van der Waals surface area contributed by atoms with Gasteiger partial charge in [0.25, 0.3) is 5.91 Å². The fraction of sp³-hybridized carbons (Fsp3) is 0.423. The van der Waals surface area contributed by atoms with Crippen LogP contribution >= 0.6 is 23.2 Å². The third kappa shape index (κ3) is 8.40. The molecule has 2 aromatic rings. The molecule has 196 valence electrons. The van der Waals surface area contributed by atoms with Crippen molar-refractivity contribution in [1.82, 2.24) is 10.6 Å². The lowest BCUT2D eigenvalue weighted by atomic mass is 10.0. The number of rotatable bonds is 13. The summed E-state index contributed by atoms with van der Waals surface area (Å²) in [5.74, 6) is -2.50. The Hall–Kier alpha value is -2.81. The van der Waals surface area contributed by atoms with Gasteiger partial charge in [-0.15, -0.1) is 0 Å². The first-order valence-corrected chi connectivity index (χ1v) is 12.4. The van der Waals surface area contributed by atoms with Crippen LogP contribution in [-0.2, 0) is 20.7 Å². The molecule has 0 saturated heterocycles. The molecule has 2 N–H and O–H groups in total. The molecule has 1 atom stereocenters. The average Bonchev–Trinajstić information content (AvgIpc) is 2.86. The van der Waals surface area contributed by atoms with Gasteiger partial charge in [-0.2, -0.15) is 0 Å². The van der Waals surface area contributed by atoms with E-state index in [1.54, 1.807) is 13.8 Å². The summed E-state index contributed by atoms with van der Waals surface area (Å²) in [7, 11) is 3.09. The third-order valence-corrected chi connectivity index (χ3v) is 5.82. The summed E-state index contributed by atoms with van der Waals surface area (Å²) in [5.41, 5.74) is 0.709. The molecule has 1 unspecified atom stereocenters. The van der Waals surface area contributed by atoms with Crippen LogP contribution < -0.4 is 20.1 Å². The molecular weight excluding hydrogens is 507 g/mol. The van der Waals surface area contributed by atoms with Crippen molar-refractivity contribution in [3.63, 3.8) is 0 Å². The van der Waals surface area contributed by atoms with Crippen LogP contribution in [0.15, 0.2) is 36.4 Å². The van der Waals surface area contributed by atoms with Crippen molar-refractivity contribution in [2.24, 2.45) is 5.92 Å². The zero-order chi connectivity index (χ0) is 26.7. The lowest BCUT2D eigenvalue weighted by Gasteiger charge is -2.20. The number of nitrogens with one attached hydrogen (secondary N) is 2. The maximum atomic E-state index is 13.3.